The largest absolute Gasteiger partial charge is 0.479 e. The highest BCUT2D eigenvalue weighted by atomic mass is 31.2. The van der Waals surface area contributed by atoms with Crippen LogP contribution in [0.4, 0.5) is 5.95 Å². The third kappa shape index (κ3) is 9.61. The van der Waals surface area contributed by atoms with E-state index in [0.29, 0.717) is 11.2 Å². The molecule has 4 atom stereocenters. The molecule has 2 aromatic rings. The summed E-state index contributed by atoms with van der Waals surface area (Å²) in [6.07, 6.45) is -1.26. The van der Waals surface area contributed by atoms with Crippen molar-refractivity contribution >= 4 is 37.6 Å². The Morgan fingerprint density at radius 1 is 1.19 bits per heavy atom. The van der Waals surface area contributed by atoms with Crippen LogP contribution in [0.25, 0.3) is 11.2 Å². The number of rotatable bonds is 16. The predicted molar refractivity (Wildman–Crippen MR) is 132 cm³/mol. The van der Waals surface area contributed by atoms with E-state index in [-0.39, 0.29) is 37.7 Å². The van der Waals surface area contributed by atoms with Crippen molar-refractivity contribution in [1.82, 2.24) is 24.6 Å². The van der Waals surface area contributed by atoms with Crippen LogP contribution >= 0.6 is 8.53 Å². The molecular weight excluding hydrogens is 511 g/mol. The molecule has 0 radical (unpaired) electrons. The first-order chi connectivity index (χ1) is 17.5. The number of imidazole rings is 1. The first kappa shape index (κ1) is 30.5. The number of hydrogen-bond donors (Lipinski definition) is 3. The molecule has 15 nitrogen and oxygen atoms in total. The summed E-state index contributed by atoms with van der Waals surface area (Å²) >= 11 is 0. The van der Waals surface area contributed by atoms with E-state index in [9.17, 15) is 14.7 Å². The molecule has 0 aliphatic rings. The number of methoxy groups -OCH3 is 1. The highest BCUT2D eigenvalue weighted by Crippen LogP contribution is 2.34. The molecule has 3 unspecified atom stereocenters. The molecule has 0 spiro atoms. The minimum Gasteiger partial charge on any atom is -0.479 e. The van der Waals surface area contributed by atoms with Gasteiger partial charge in [-0.3, -0.25) is 9.36 Å². The topological polar surface area (TPSA) is 191 Å². The maximum absolute atomic E-state index is 11.9. The van der Waals surface area contributed by atoms with Crippen LogP contribution in [0, 0.1) is 0 Å². The molecule has 2 rings (SSSR count). The Morgan fingerprint density at radius 2 is 1.92 bits per heavy atom. The zero-order valence-electron chi connectivity index (χ0n) is 21.7. The average Bonchev–Trinajstić information content (AvgIpc) is 3.25. The van der Waals surface area contributed by atoms with E-state index < -0.39 is 45.5 Å². The van der Waals surface area contributed by atoms with E-state index in [1.165, 1.54) is 20.4 Å². The number of fused-ring (bicyclic) bond motifs is 1. The Hall–Kier alpha value is -2.68. The number of aromatic nitrogens is 4. The fourth-order valence-electron chi connectivity index (χ4n) is 2.94. The molecule has 0 amide bonds. The van der Waals surface area contributed by atoms with Gasteiger partial charge < -0.3 is 38.8 Å². The first-order valence-electron chi connectivity index (χ1n) is 11.6. The maximum Gasteiger partial charge on any atom is 0.332 e. The van der Waals surface area contributed by atoms with Crippen LogP contribution in [0.3, 0.4) is 0 Å². The Bertz CT molecular complexity index is 1020. The van der Waals surface area contributed by atoms with E-state index in [1.54, 1.807) is 32.3 Å². The van der Waals surface area contributed by atoms with Crippen LogP contribution in [0.15, 0.2) is 6.33 Å². The minimum absolute atomic E-state index is 0.000155. The third-order valence-electron chi connectivity index (χ3n) is 4.58. The van der Waals surface area contributed by atoms with Gasteiger partial charge in [0.05, 0.1) is 38.9 Å². The van der Waals surface area contributed by atoms with Gasteiger partial charge in [0, 0.05) is 0 Å². The number of nitrogens with zero attached hydrogens (tertiary/aromatic N) is 4. The molecule has 4 N–H and O–H groups in total. The number of aliphatic hydroxyl groups is 1. The fraction of sp³-hybridized carbons (Fsp3) is 0.667. The Kier molecular flexibility index (Phi) is 12.3. The maximum atomic E-state index is 11.9. The Labute approximate surface area is 215 Å². The van der Waals surface area contributed by atoms with Crippen LogP contribution in [0.1, 0.15) is 40.8 Å². The smallest absolute Gasteiger partial charge is 0.332 e. The van der Waals surface area contributed by atoms with E-state index in [2.05, 4.69) is 20.0 Å². The van der Waals surface area contributed by atoms with Crippen molar-refractivity contribution in [3.05, 3.63) is 6.33 Å². The number of carbonyl (C=O) groups is 2. The van der Waals surface area contributed by atoms with E-state index >= 15 is 0 Å². The molecular formula is C21H35N6O9P. The van der Waals surface area contributed by atoms with Crippen molar-refractivity contribution in [3.63, 3.8) is 0 Å². The number of ether oxygens (including phenoxy) is 4. The van der Waals surface area contributed by atoms with Gasteiger partial charge in [-0.2, -0.15) is 9.97 Å². The Morgan fingerprint density at radius 3 is 2.54 bits per heavy atom. The van der Waals surface area contributed by atoms with Gasteiger partial charge in [0.1, 0.15) is 18.9 Å². The van der Waals surface area contributed by atoms with Gasteiger partial charge in [-0.25, -0.2) is 14.9 Å². The van der Waals surface area contributed by atoms with E-state index in [0.717, 1.165) is 0 Å². The summed E-state index contributed by atoms with van der Waals surface area (Å²) in [7, 11) is -0.499. The van der Waals surface area contributed by atoms with Gasteiger partial charge in [0.15, 0.2) is 17.8 Å². The fourth-order valence-corrected chi connectivity index (χ4v) is 3.96. The molecule has 208 valence electrons. The standard InChI is InChI=1S/C21H35N6O9P/c1-7-32-17(30)10-34-37(24-8-16(29)35-12(2)3)33-9-15(13(4)28)36-14(5)27-11-23-18-19(27)25-21(22)26-20(18)31-6/h11-15,24,28H,7-10H2,1-6H3,(H2,22,25,26)/t13-,14?,15?,37?/m0/s1. The number of esters is 2. The van der Waals surface area contributed by atoms with Crippen molar-refractivity contribution in [2.45, 2.75) is 59.2 Å². The molecule has 2 aromatic heterocycles. The summed E-state index contributed by atoms with van der Waals surface area (Å²) in [5.41, 5.74) is 6.55. The zero-order valence-corrected chi connectivity index (χ0v) is 22.6. The number of nitrogens with two attached hydrogens (primary N) is 1. The summed E-state index contributed by atoms with van der Waals surface area (Å²) in [5.74, 6) is -0.896. The number of nitrogen functional groups attached to an aromatic ring is 1. The molecule has 2 heterocycles. The Balaban J connectivity index is 2.08. The van der Waals surface area contributed by atoms with Crippen molar-refractivity contribution in [1.29, 1.82) is 0 Å². The van der Waals surface area contributed by atoms with Crippen LogP contribution in [0.5, 0.6) is 5.88 Å². The third-order valence-corrected chi connectivity index (χ3v) is 5.75. The zero-order chi connectivity index (χ0) is 27.5. The number of hydrogen-bond acceptors (Lipinski definition) is 14. The summed E-state index contributed by atoms with van der Waals surface area (Å²) < 4.78 is 34.0. The summed E-state index contributed by atoms with van der Waals surface area (Å²) in [4.78, 5) is 36.1. The first-order valence-corrected chi connectivity index (χ1v) is 12.8. The van der Waals surface area contributed by atoms with Gasteiger partial charge in [-0.05, 0) is 34.6 Å². The SMILES string of the molecule is CCOC(=O)COP(NCC(=O)OC(C)C)OCC(OC(C)n1cnc2c(OC)nc(N)nc21)[C@H](C)O. The normalized spacial score (nSPS) is 14.8. The second kappa shape index (κ2) is 14.9. The quantitative estimate of drug-likeness (QED) is 0.200. The van der Waals surface area contributed by atoms with Crippen molar-refractivity contribution < 1.29 is 42.7 Å². The second-order valence-corrected chi connectivity index (χ2v) is 9.28. The average molecular weight is 547 g/mol. The van der Waals surface area contributed by atoms with Crippen LogP contribution < -0.4 is 15.6 Å². The number of carbonyl (C=O) groups excluding carboxylic acids is 2. The molecule has 0 fully saturated rings. The van der Waals surface area contributed by atoms with Gasteiger partial charge in [-0.15, -0.1) is 0 Å². The second-order valence-electron chi connectivity index (χ2n) is 7.93. The number of anilines is 1. The summed E-state index contributed by atoms with van der Waals surface area (Å²) in [6.45, 7) is 7.81. The molecule has 0 aliphatic heterocycles. The van der Waals surface area contributed by atoms with Crippen LogP contribution in [0.2, 0.25) is 0 Å². The minimum atomic E-state index is -1.94. The highest BCUT2D eigenvalue weighted by Gasteiger charge is 2.25. The molecule has 0 aromatic carbocycles. The van der Waals surface area contributed by atoms with Crippen LogP contribution in [-0.4, -0.2) is 88.4 Å². The van der Waals surface area contributed by atoms with Crippen molar-refractivity contribution in [2.75, 3.05) is 39.2 Å². The molecule has 16 heteroatoms. The van der Waals surface area contributed by atoms with Crippen molar-refractivity contribution in [2.24, 2.45) is 0 Å². The summed E-state index contributed by atoms with van der Waals surface area (Å²) in [6, 6.07) is 0. The van der Waals surface area contributed by atoms with Gasteiger partial charge in [0.2, 0.25) is 11.8 Å². The molecule has 0 bridgehead atoms. The van der Waals surface area contributed by atoms with Crippen LogP contribution in [-0.2, 0) is 32.8 Å². The van der Waals surface area contributed by atoms with Crippen molar-refractivity contribution in [3.8, 4) is 5.88 Å². The monoisotopic (exact) mass is 546 g/mol. The number of nitrogens with one attached hydrogen (secondary N) is 1. The van der Waals surface area contributed by atoms with Gasteiger partial charge in [0.25, 0.3) is 8.53 Å². The van der Waals surface area contributed by atoms with E-state index in [1.807, 2.05) is 0 Å². The van der Waals surface area contributed by atoms with Gasteiger partial charge >= 0.3 is 11.9 Å². The number of aliphatic hydroxyl groups excluding tert-OH is 1. The molecule has 0 saturated carbocycles. The molecule has 0 saturated heterocycles. The van der Waals surface area contributed by atoms with E-state index in [4.69, 9.17) is 33.7 Å². The molecule has 37 heavy (non-hydrogen) atoms. The lowest BCUT2D eigenvalue weighted by atomic mass is 10.2. The lowest BCUT2D eigenvalue weighted by molar-refractivity contribution is -0.146. The highest BCUT2D eigenvalue weighted by molar-refractivity contribution is 7.45. The predicted octanol–water partition coefficient (Wildman–Crippen LogP) is 1.07. The molecule has 0 aliphatic carbocycles. The van der Waals surface area contributed by atoms with Gasteiger partial charge in [-0.1, -0.05) is 0 Å². The lowest BCUT2D eigenvalue weighted by Crippen LogP contribution is -2.34. The summed E-state index contributed by atoms with van der Waals surface area (Å²) in [5, 5.41) is 13.1. The lowest BCUT2D eigenvalue weighted by Gasteiger charge is -2.27.